The molecule has 0 unspecified atom stereocenters. The molecule has 5 nitrogen and oxygen atoms in total. The Kier molecular flexibility index (Phi) is 2.06. The average molecular weight is 189 g/mol. The number of hydrogen-bond acceptors (Lipinski definition) is 4. The van der Waals surface area contributed by atoms with E-state index in [1.165, 1.54) is 0 Å². The van der Waals surface area contributed by atoms with Gasteiger partial charge in [-0.3, -0.25) is 5.10 Å². The molecule has 0 radical (unpaired) electrons. The molecule has 72 valence electrons. The standard InChI is InChI=1S/C9H11N5/c1-6-8(5-12-14-6)13-9-7(10)3-2-4-11-9/h2-5H,10H2,1H3,(H,11,13)(H,12,14). The van der Waals surface area contributed by atoms with E-state index >= 15 is 0 Å². The number of nitrogens with one attached hydrogen (secondary N) is 2. The molecular weight excluding hydrogens is 178 g/mol. The van der Waals surface area contributed by atoms with Gasteiger partial charge < -0.3 is 11.1 Å². The molecule has 0 saturated carbocycles. The molecule has 0 saturated heterocycles. The Morgan fingerprint density at radius 1 is 1.50 bits per heavy atom. The monoisotopic (exact) mass is 189 g/mol. The summed E-state index contributed by atoms with van der Waals surface area (Å²) >= 11 is 0. The molecule has 0 bridgehead atoms. The van der Waals surface area contributed by atoms with Crippen LogP contribution in [0.5, 0.6) is 0 Å². The molecule has 0 fully saturated rings. The van der Waals surface area contributed by atoms with Crippen LogP contribution in [0.25, 0.3) is 0 Å². The molecule has 14 heavy (non-hydrogen) atoms. The van der Waals surface area contributed by atoms with E-state index in [4.69, 9.17) is 5.73 Å². The first-order valence-electron chi connectivity index (χ1n) is 4.25. The SMILES string of the molecule is Cc1[nH]ncc1Nc1ncccc1N. The van der Waals surface area contributed by atoms with Gasteiger partial charge in [-0.2, -0.15) is 5.10 Å². The van der Waals surface area contributed by atoms with Crippen LogP contribution in [0.4, 0.5) is 17.2 Å². The van der Waals surface area contributed by atoms with Crippen molar-refractivity contribution in [2.45, 2.75) is 6.92 Å². The second-order valence-corrected chi connectivity index (χ2v) is 2.97. The van der Waals surface area contributed by atoms with E-state index in [0.29, 0.717) is 11.5 Å². The maximum absolute atomic E-state index is 5.73. The van der Waals surface area contributed by atoms with Gasteiger partial charge in [0.1, 0.15) is 0 Å². The largest absolute Gasteiger partial charge is 0.396 e. The summed E-state index contributed by atoms with van der Waals surface area (Å²) in [5, 5.41) is 9.81. The molecule has 0 spiro atoms. The van der Waals surface area contributed by atoms with Gasteiger partial charge in [-0.1, -0.05) is 0 Å². The van der Waals surface area contributed by atoms with Crippen molar-refractivity contribution in [2.75, 3.05) is 11.1 Å². The van der Waals surface area contributed by atoms with Crippen molar-refractivity contribution in [1.29, 1.82) is 0 Å². The minimum atomic E-state index is 0.619. The minimum Gasteiger partial charge on any atom is -0.396 e. The van der Waals surface area contributed by atoms with Crippen LogP contribution < -0.4 is 11.1 Å². The van der Waals surface area contributed by atoms with Gasteiger partial charge >= 0.3 is 0 Å². The first-order chi connectivity index (χ1) is 6.77. The summed E-state index contributed by atoms with van der Waals surface area (Å²) in [6.07, 6.45) is 3.39. The lowest BCUT2D eigenvalue weighted by Crippen LogP contribution is -1.98. The number of H-pyrrole nitrogens is 1. The molecule has 5 heteroatoms. The lowest BCUT2D eigenvalue weighted by molar-refractivity contribution is 1.05. The summed E-state index contributed by atoms with van der Waals surface area (Å²) in [7, 11) is 0. The predicted octanol–water partition coefficient (Wildman–Crippen LogP) is 1.44. The van der Waals surface area contributed by atoms with Gasteiger partial charge in [0.2, 0.25) is 0 Å². The fourth-order valence-electron chi connectivity index (χ4n) is 1.13. The average Bonchev–Trinajstić information content (AvgIpc) is 2.56. The van der Waals surface area contributed by atoms with Crippen molar-refractivity contribution in [3.8, 4) is 0 Å². The van der Waals surface area contributed by atoms with Gasteiger partial charge in [0.15, 0.2) is 5.82 Å². The van der Waals surface area contributed by atoms with Crippen LogP contribution in [-0.2, 0) is 0 Å². The molecule has 2 aromatic heterocycles. The third-order valence-corrected chi connectivity index (χ3v) is 1.92. The molecule has 0 aliphatic carbocycles. The van der Waals surface area contributed by atoms with Crippen LogP contribution >= 0.6 is 0 Å². The summed E-state index contributed by atoms with van der Waals surface area (Å²) < 4.78 is 0. The fourth-order valence-corrected chi connectivity index (χ4v) is 1.13. The van der Waals surface area contributed by atoms with E-state index in [-0.39, 0.29) is 0 Å². The maximum Gasteiger partial charge on any atom is 0.153 e. The van der Waals surface area contributed by atoms with E-state index in [1.54, 1.807) is 24.5 Å². The van der Waals surface area contributed by atoms with Gasteiger partial charge in [-0.15, -0.1) is 0 Å². The van der Waals surface area contributed by atoms with Crippen molar-refractivity contribution in [3.63, 3.8) is 0 Å². The number of aromatic nitrogens is 3. The Labute approximate surface area is 81.4 Å². The third-order valence-electron chi connectivity index (χ3n) is 1.92. The molecule has 0 aliphatic heterocycles. The minimum absolute atomic E-state index is 0.619. The molecule has 0 aliphatic rings. The first-order valence-corrected chi connectivity index (χ1v) is 4.25. The Morgan fingerprint density at radius 3 is 3.00 bits per heavy atom. The van der Waals surface area contributed by atoms with Gasteiger partial charge in [0.25, 0.3) is 0 Å². The van der Waals surface area contributed by atoms with Crippen LogP contribution in [0.3, 0.4) is 0 Å². The summed E-state index contributed by atoms with van der Waals surface area (Å²) in [4.78, 5) is 4.12. The highest BCUT2D eigenvalue weighted by Gasteiger charge is 2.03. The molecular formula is C9H11N5. The van der Waals surface area contributed by atoms with E-state index in [1.807, 2.05) is 6.92 Å². The smallest absolute Gasteiger partial charge is 0.153 e. The zero-order chi connectivity index (χ0) is 9.97. The molecule has 0 amide bonds. The summed E-state index contributed by atoms with van der Waals surface area (Å²) in [5.41, 5.74) is 8.19. The van der Waals surface area contributed by atoms with E-state index in [0.717, 1.165) is 11.4 Å². The van der Waals surface area contributed by atoms with Gasteiger partial charge in [0.05, 0.1) is 23.3 Å². The van der Waals surface area contributed by atoms with Crippen LogP contribution in [0, 0.1) is 6.92 Å². The fraction of sp³-hybridized carbons (Fsp3) is 0.111. The lowest BCUT2D eigenvalue weighted by Gasteiger charge is -2.05. The Morgan fingerprint density at radius 2 is 2.36 bits per heavy atom. The quantitative estimate of drug-likeness (QED) is 0.667. The van der Waals surface area contributed by atoms with Crippen molar-refractivity contribution in [3.05, 3.63) is 30.2 Å². The molecule has 2 aromatic rings. The van der Waals surface area contributed by atoms with Crippen molar-refractivity contribution >= 4 is 17.2 Å². The highest BCUT2D eigenvalue weighted by atomic mass is 15.1. The Hall–Kier alpha value is -2.04. The molecule has 0 atom stereocenters. The Bertz CT molecular complexity index is 434. The number of pyridine rings is 1. The van der Waals surface area contributed by atoms with Crippen molar-refractivity contribution in [2.24, 2.45) is 0 Å². The zero-order valence-corrected chi connectivity index (χ0v) is 7.78. The molecule has 2 heterocycles. The van der Waals surface area contributed by atoms with Gasteiger partial charge in [-0.25, -0.2) is 4.98 Å². The lowest BCUT2D eigenvalue weighted by atomic mass is 10.3. The second-order valence-electron chi connectivity index (χ2n) is 2.97. The first kappa shape index (κ1) is 8.55. The van der Waals surface area contributed by atoms with Gasteiger partial charge in [0, 0.05) is 6.20 Å². The molecule has 0 aromatic carbocycles. The number of nitrogen functional groups attached to an aromatic ring is 1. The second kappa shape index (κ2) is 3.37. The zero-order valence-electron chi connectivity index (χ0n) is 7.78. The number of rotatable bonds is 2. The van der Waals surface area contributed by atoms with Crippen LogP contribution in [0.2, 0.25) is 0 Å². The maximum atomic E-state index is 5.73. The van der Waals surface area contributed by atoms with E-state index in [2.05, 4.69) is 20.5 Å². The van der Waals surface area contributed by atoms with E-state index in [9.17, 15) is 0 Å². The van der Waals surface area contributed by atoms with Gasteiger partial charge in [-0.05, 0) is 19.1 Å². The van der Waals surface area contributed by atoms with Crippen molar-refractivity contribution < 1.29 is 0 Å². The van der Waals surface area contributed by atoms with E-state index < -0.39 is 0 Å². The normalized spacial score (nSPS) is 10.1. The van der Waals surface area contributed by atoms with Crippen LogP contribution in [0.15, 0.2) is 24.5 Å². The van der Waals surface area contributed by atoms with Crippen LogP contribution in [-0.4, -0.2) is 15.2 Å². The summed E-state index contributed by atoms with van der Waals surface area (Å²) in [6, 6.07) is 3.59. The number of anilines is 3. The number of nitrogens with two attached hydrogens (primary N) is 1. The molecule has 2 rings (SSSR count). The Balaban J connectivity index is 2.28. The number of aryl methyl sites for hydroxylation is 1. The topological polar surface area (TPSA) is 79.6 Å². The van der Waals surface area contributed by atoms with Crippen LogP contribution in [0.1, 0.15) is 5.69 Å². The third kappa shape index (κ3) is 1.52. The highest BCUT2D eigenvalue weighted by Crippen LogP contribution is 2.20. The number of hydrogen-bond donors (Lipinski definition) is 3. The summed E-state index contributed by atoms with van der Waals surface area (Å²) in [5.74, 6) is 0.650. The highest BCUT2D eigenvalue weighted by molar-refractivity contribution is 5.68. The predicted molar refractivity (Wildman–Crippen MR) is 55.3 cm³/mol. The number of nitrogens with zero attached hydrogens (tertiary/aromatic N) is 2. The van der Waals surface area contributed by atoms with Crippen molar-refractivity contribution in [1.82, 2.24) is 15.2 Å². The molecule has 4 N–H and O–H groups in total. The number of aromatic amines is 1. The summed E-state index contributed by atoms with van der Waals surface area (Å²) in [6.45, 7) is 1.93.